The van der Waals surface area contributed by atoms with Crippen molar-refractivity contribution in [3.05, 3.63) is 23.5 Å². The standard InChI is InChI=1S/C11H13NO2/c1-2-8-5-9(7-13)12-6-11(8)14-10-3-4-10/h5-7,10H,2-4H2,1H3. The summed E-state index contributed by atoms with van der Waals surface area (Å²) in [5, 5.41) is 0. The monoisotopic (exact) mass is 191 g/mol. The second-order valence-corrected chi connectivity index (χ2v) is 3.51. The zero-order valence-electron chi connectivity index (χ0n) is 8.19. The molecular formula is C11H13NO2. The molecule has 1 aromatic heterocycles. The first kappa shape index (κ1) is 9.19. The lowest BCUT2D eigenvalue weighted by Crippen LogP contribution is -2.01. The smallest absolute Gasteiger partial charge is 0.168 e. The molecule has 1 saturated carbocycles. The van der Waals surface area contributed by atoms with E-state index in [9.17, 15) is 4.79 Å². The fourth-order valence-electron chi connectivity index (χ4n) is 1.32. The minimum Gasteiger partial charge on any atom is -0.489 e. The van der Waals surface area contributed by atoms with Gasteiger partial charge in [-0.15, -0.1) is 0 Å². The minimum atomic E-state index is 0.379. The molecular weight excluding hydrogens is 178 g/mol. The summed E-state index contributed by atoms with van der Waals surface area (Å²) in [6.45, 7) is 2.05. The number of ether oxygens (including phenoxy) is 1. The molecule has 1 aliphatic carbocycles. The summed E-state index contributed by atoms with van der Waals surface area (Å²) in [4.78, 5) is 14.5. The highest BCUT2D eigenvalue weighted by Crippen LogP contribution is 2.28. The Hall–Kier alpha value is -1.38. The van der Waals surface area contributed by atoms with Crippen LogP contribution >= 0.6 is 0 Å². The Morgan fingerprint density at radius 2 is 2.43 bits per heavy atom. The molecule has 3 heteroatoms. The van der Waals surface area contributed by atoms with Crippen molar-refractivity contribution >= 4 is 6.29 Å². The first-order valence-electron chi connectivity index (χ1n) is 4.94. The van der Waals surface area contributed by atoms with Crippen molar-refractivity contribution < 1.29 is 9.53 Å². The van der Waals surface area contributed by atoms with Crippen LogP contribution in [0.1, 0.15) is 35.8 Å². The van der Waals surface area contributed by atoms with Crippen molar-refractivity contribution in [1.82, 2.24) is 4.98 Å². The lowest BCUT2D eigenvalue weighted by Gasteiger charge is -2.08. The molecule has 0 aliphatic heterocycles. The highest BCUT2D eigenvalue weighted by molar-refractivity contribution is 5.72. The average molecular weight is 191 g/mol. The first-order valence-corrected chi connectivity index (χ1v) is 4.94. The van der Waals surface area contributed by atoms with Crippen molar-refractivity contribution in [1.29, 1.82) is 0 Å². The van der Waals surface area contributed by atoms with Gasteiger partial charge in [0.1, 0.15) is 11.4 Å². The summed E-state index contributed by atoms with van der Waals surface area (Å²) in [6, 6.07) is 1.80. The third kappa shape index (κ3) is 1.92. The van der Waals surface area contributed by atoms with Gasteiger partial charge in [-0.1, -0.05) is 6.92 Å². The van der Waals surface area contributed by atoms with E-state index in [2.05, 4.69) is 4.98 Å². The van der Waals surface area contributed by atoms with Crippen LogP contribution in [0.25, 0.3) is 0 Å². The molecule has 0 radical (unpaired) electrons. The predicted molar refractivity (Wildman–Crippen MR) is 52.7 cm³/mol. The number of carbonyl (C=O) groups excluding carboxylic acids is 1. The van der Waals surface area contributed by atoms with E-state index in [1.807, 2.05) is 6.92 Å². The fourth-order valence-corrected chi connectivity index (χ4v) is 1.32. The topological polar surface area (TPSA) is 39.2 Å². The van der Waals surface area contributed by atoms with Gasteiger partial charge in [0, 0.05) is 0 Å². The summed E-state index contributed by atoms with van der Waals surface area (Å²) in [6.07, 6.45) is 5.94. The van der Waals surface area contributed by atoms with Crippen LogP contribution in [-0.2, 0) is 6.42 Å². The summed E-state index contributed by atoms with van der Waals surface area (Å²) < 4.78 is 5.67. The lowest BCUT2D eigenvalue weighted by molar-refractivity contribution is 0.111. The van der Waals surface area contributed by atoms with Crippen LogP contribution in [0, 0.1) is 0 Å². The lowest BCUT2D eigenvalue weighted by atomic mass is 10.1. The van der Waals surface area contributed by atoms with Crippen LogP contribution in [0.15, 0.2) is 12.3 Å². The zero-order chi connectivity index (χ0) is 9.97. The van der Waals surface area contributed by atoms with Gasteiger partial charge in [0.15, 0.2) is 6.29 Å². The number of aryl methyl sites for hydroxylation is 1. The summed E-state index contributed by atoms with van der Waals surface area (Å²) >= 11 is 0. The van der Waals surface area contributed by atoms with E-state index in [0.717, 1.165) is 36.9 Å². The van der Waals surface area contributed by atoms with Crippen LogP contribution in [0.5, 0.6) is 5.75 Å². The van der Waals surface area contributed by atoms with E-state index < -0.39 is 0 Å². The molecule has 0 unspecified atom stereocenters. The molecule has 74 valence electrons. The number of hydrogen-bond donors (Lipinski definition) is 0. The average Bonchev–Trinajstić information content (AvgIpc) is 3.02. The van der Waals surface area contributed by atoms with E-state index in [0.29, 0.717) is 11.8 Å². The number of aromatic nitrogens is 1. The van der Waals surface area contributed by atoms with Crippen LogP contribution in [0.2, 0.25) is 0 Å². The van der Waals surface area contributed by atoms with Gasteiger partial charge < -0.3 is 4.74 Å². The second kappa shape index (κ2) is 3.78. The third-order valence-electron chi connectivity index (χ3n) is 2.29. The van der Waals surface area contributed by atoms with E-state index >= 15 is 0 Å². The van der Waals surface area contributed by atoms with Crippen molar-refractivity contribution in [3.8, 4) is 5.75 Å². The van der Waals surface area contributed by atoms with Crippen LogP contribution in [0.3, 0.4) is 0 Å². The largest absolute Gasteiger partial charge is 0.489 e. The number of aldehydes is 1. The maximum absolute atomic E-state index is 10.5. The minimum absolute atomic E-state index is 0.379. The van der Waals surface area contributed by atoms with Gasteiger partial charge >= 0.3 is 0 Å². The molecule has 1 aromatic rings. The Labute approximate surface area is 83.1 Å². The first-order chi connectivity index (χ1) is 6.83. The Balaban J connectivity index is 2.23. The molecule has 3 nitrogen and oxygen atoms in total. The molecule has 0 bridgehead atoms. The molecule has 2 rings (SSSR count). The van der Waals surface area contributed by atoms with Crippen LogP contribution < -0.4 is 4.74 Å². The van der Waals surface area contributed by atoms with Crippen molar-refractivity contribution in [2.24, 2.45) is 0 Å². The molecule has 0 N–H and O–H groups in total. The molecule has 14 heavy (non-hydrogen) atoms. The van der Waals surface area contributed by atoms with Gasteiger partial charge in [0.2, 0.25) is 0 Å². The second-order valence-electron chi connectivity index (χ2n) is 3.51. The number of nitrogens with zero attached hydrogens (tertiary/aromatic N) is 1. The molecule has 0 atom stereocenters. The van der Waals surface area contributed by atoms with Gasteiger partial charge in [0.25, 0.3) is 0 Å². The number of carbonyl (C=O) groups is 1. The zero-order valence-corrected chi connectivity index (χ0v) is 8.19. The van der Waals surface area contributed by atoms with Crippen molar-refractivity contribution in [2.75, 3.05) is 0 Å². The van der Waals surface area contributed by atoms with Gasteiger partial charge in [-0.25, -0.2) is 4.98 Å². The molecule has 0 amide bonds. The third-order valence-corrected chi connectivity index (χ3v) is 2.29. The Bertz CT molecular complexity index is 345. The molecule has 1 aliphatic rings. The molecule has 1 heterocycles. The van der Waals surface area contributed by atoms with E-state index in [4.69, 9.17) is 4.74 Å². The quantitative estimate of drug-likeness (QED) is 0.683. The van der Waals surface area contributed by atoms with Gasteiger partial charge in [-0.05, 0) is 30.9 Å². The summed E-state index contributed by atoms with van der Waals surface area (Å²) in [5.74, 6) is 0.834. The Morgan fingerprint density at radius 1 is 1.64 bits per heavy atom. The molecule has 0 spiro atoms. The highest BCUT2D eigenvalue weighted by atomic mass is 16.5. The Morgan fingerprint density at radius 3 is 3.00 bits per heavy atom. The van der Waals surface area contributed by atoms with Crippen LogP contribution in [-0.4, -0.2) is 17.4 Å². The maximum Gasteiger partial charge on any atom is 0.168 e. The van der Waals surface area contributed by atoms with E-state index in [-0.39, 0.29) is 0 Å². The summed E-state index contributed by atoms with van der Waals surface area (Å²) in [7, 11) is 0. The maximum atomic E-state index is 10.5. The molecule has 0 aromatic carbocycles. The van der Waals surface area contributed by atoms with Crippen molar-refractivity contribution in [2.45, 2.75) is 32.3 Å². The summed E-state index contributed by atoms with van der Waals surface area (Å²) in [5.41, 5.74) is 1.54. The predicted octanol–water partition coefficient (Wildman–Crippen LogP) is 2.00. The van der Waals surface area contributed by atoms with Crippen LogP contribution in [0.4, 0.5) is 0 Å². The number of pyridine rings is 1. The highest BCUT2D eigenvalue weighted by Gasteiger charge is 2.24. The number of rotatable bonds is 4. The fraction of sp³-hybridized carbons (Fsp3) is 0.455. The van der Waals surface area contributed by atoms with E-state index in [1.165, 1.54) is 0 Å². The Kier molecular flexibility index (Phi) is 2.48. The van der Waals surface area contributed by atoms with E-state index in [1.54, 1.807) is 12.3 Å². The van der Waals surface area contributed by atoms with Gasteiger partial charge in [-0.3, -0.25) is 4.79 Å². The molecule has 0 saturated heterocycles. The SMILES string of the molecule is CCc1cc(C=O)ncc1OC1CC1. The normalized spacial score (nSPS) is 15.2. The van der Waals surface area contributed by atoms with Gasteiger partial charge in [0.05, 0.1) is 12.3 Å². The van der Waals surface area contributed by atoms with Crippen molar-refractivity contribution in [3.63, 3.8) is 0 Å². The number of hydrogen-bond acceptors (Lipinski definition) is 3. The molecule has 1 fully saturated rings. The van der Waals surface area contributed by atoms with Gasteiger partial charge in [-0.2, -0.15) is 0 Å².